The van der Waals surface area contributed by atoms with Gasteiger partial charge in [0.2, 0.25) is 0 Å². The molecule has 1 rings (SSSR count). The predicted molar refractivity (Wildman–Crippen MR) is 68.6 cm³/mol. The van der Waals surface area contributed by atoms with Crippen LogP contribution in [0.5, 0.6) is 0 Å². The Morgan fingerprint density at radius 3 is 2.58 bits per heavy atom. The number of rotatable bonds is 6. The molecule has 0 saturated carbocycles. The van der Waals surface area contributed by atoms with Crippen molar-refractivity contribution in [1.29, 1.82) is 0 Å². The number of benzene rings is 1. The summed E-state index contributed by atoms with van der Waals surface area (Å²) in [4.78, 5) is 22.6. The Balaban J connectivity index is 2.63. The molecule has 0 aliphatic rings. The van der Waals surface area contributed by atoms with Gasteiger partial charge >= 0.3 is 5.97 Å². The lowest BCUT2D eigenvalue weighted by molar-refractivity contribution is -0.144. The van der Waals surface area contributed by atoms with Gasteiger partial charge in [-0.1, -0.05) is 0 Å². The van der Waals surface area contributed by atoms with Gasteiger partial charge in [-0.2, -0.15) is 0 Å². The van der Waals surface area contributed by atoms with Crippen LogP contribution in [-0.2, 0) is 20.7 Å². The molecule has 0 fully saturated rings. The molecule has 104 valence electrons. The van der Waals surface area contributed by atoms with Crippen molar-refractivity contribution in [3.05, 3.63) is 33.8 Å². The smallest absolute Gasteiger partial charge is 0.306 e. The largest absolute Gasteiger partial charge is 0.466 e. The third-order valence-electron chi connectivity index (χ3n) is 2.43. The molecular weight excluding hydrogens is 322 g/mol. The average Bonchev–Trinajstić information content (AvgIpc) is 2.37. The molecule has 3 nitrogen and oxygen atoms in total. The Morgan fingerprint density at radius 2 is 1.95 bits per heavy atom. The van der Waals surface area contributed by atoms with Crippen LogP contribution in [0, 0.1) is 11.6 Å². The van der Waals surface area contributed by atoms with Crippen molar-refractivity contribution in [2.24, 2.45) is 0 Å². The van der Waals surface area contributed by atoms with E-state index in [2.05, 4.69) is 20.7 Å². The van der Waals surface area contributed by atoms with E-state index in [9.17, 15) is 18.4 Å². The Hall–Kier alpha value is -1.30. The molecule has 0 atom stereocenters. The third kappa shape index (κ3) is 4.70. The topological polar surface area (TPSA) is 43.4 Å². The van der Waals surface area contributed by atoms with Crippen molar-refractivity contribution < 1.29 is 23.1 Å². The summed E-state index contributed by atoms with van der Waals surface area (Å²) in [6.45, 7) is 1.90. The molecule has 0 heterocycles. The van der Waals surface area contributed by atoms with Crippen LogP contribution in [0.25, 0.3) is 0 Å². The fourth-order valence-electron chi connectivity index (χ4n) is 1.49. The highest BCUT2D eigenvalue weighted by atomic mass is 79.9. The highest BCUT2D eigenvalue weighted by molar-refractivity contribution is 9.10. The average molecular weight is 335 g/mol. The second-order valence-corrected chi connectivity index (χ2v) is 4.70. The molecule has 0 unspecified atom stereocenters. The van der Waals surface area contributed by atoms with Gasteiger partial charge in [0.15, 0.2) is 0 Å². The minimum atomic E-state index is -0.788. The number of hydrogen-bond acceptors (Lipinski definition) is 3. The lowest BCUT2D eigenvalue weighted by atomic mass is 10.0. The van der Waals surface area contributed by atoms with Crippen LogP contribution in [0.2, 0.25) is 0 Å². The number of ether oxygens (including phenoxy) is 1. The lowest BCUT2D eigenvalue weighted by Gasteiger charge is -2.06. The zero-order valence-corrected chi connectivity index (χ0v) is 11.9. The normalized spacial score (nSPS) is 10.3. The Kier molecular flexibility index (Phi) is 6.08. The first-order chi connectivity index (χ1) is 8.95. The van der Waals surface area contributed by atoms with E-state index in [1.165, 1.54) is 6.07 Å². The maximum absolute atomic E-state index is 13.6. The van der Waals surface area contributed by atoms with E-state index in [0.29, 0.717) is 0 Å². The zero-order chi connectivity index (χ0) is 14.4. The molecule has 0 amide bonds. The molecular formula is C13H13BrF2O3. The second-order valence-electron chi connectivity index (χ2n) is 3.84. The summed E-state index contributed by atoms with van der Waals surface area (Å²) in [6.07, 6.45) is -0.551. The molecule has 6 heteroatoms. The first-order valence-corrected chi connectivity index (χ1v) is 6.54. The lowest BCUT2D eigenvalue weighted by Crippen LogP contribution is -2.11. The van der Waals surface area contributed by atoms with Crippen molar-refractivity contribution in [2.75, 3.05) is 6.61 Å². The minimum absolute atomic E-state index is 0.0794. The van der Waals surface area contributed by atoms with Gasteiger partial charge in [0, 0.05) is 18.4 Å². The van der Waals surface area contributed by atoms with Crippen LogP contribution in [-0.4, -0.2) is 18.4 Å². The predicted octanol–water partition coefficient (Wildman–Crippen LogP) is 3.18. The van der Waals surface area contributed by atoms with E-state index in [4.69, 9.17) is 0 Å². The van der Waals surface area contributed by atoms with Crippen LogP contribution >= 0.6 is 15.9 Å². The minimum Gasteiger partial charge on any atom is -0.466 e. The molecule has 19 heavy (non-hydrogen) atoms. The highest BCUT2D eigenvalue weighted by Gasteiger charge is 2.16. The Bertz CT molecular complexity index is 489. The molecule has 0 saturated heterocycles. The molecule has 0 radical (unpaired) electrons. The van der Waals surface area contributed by atoms with Crippen LogP contribution < -0.4 is 0 Å². The van der Waals surface area contributed by atoms with Gasteiger partial charge in [0.05, 0.1) is 17.5 Å². The molecule has 0 aliphatic carbocycles. The van der Waals surface area contributed by atoms with E-state index < -0.39 is 23.4 Å². The third-order valence-corrected chi connectivity index (χ3v) is 3.04. The molecule has 1 aromatic rings. The number of halogens is 3. The quantitative estimate of drug-likeness (QED) is 0.592. The second kappa shape index (κ2) is 7.33. The van der Waals surface area contributed by atoms with E-state index in [0.717, 1.165) is 6.07 Å². The Morgan fingerprint density at radius 1 is 1.26 bits per heavy atom. The summed E-state index contributed by atoms with van der Waals surface area (Å²) in [5.74, 6) is -2.47. The number of ketones is 1. The molecule has 0 spiro atoms. The molecule has 1 aromatic carbocycles. The monoisotopic (exact) mass is 334 g/mol. The fraction of sp³-hybridized carbons (Fsp3) is 0.385. The molecule has 0 aromatic heterocycles. The number of Topliss-reactive ketones (excluding diaryl/α,β-unsaturated/α-hetero) is 1. The number of carbonyl (C=O) groups excluding carboxylic acids is 2. The molecule has 0 N–H and O–H groups in total. The van der Waals surface area contributed by atoms with Gasteiger partial charge < -0.3 is 4.74 Å². The summed E-state index contributed by atoms with van der Waals surface area (Å²) in [5, 5.41) is 0. The van der Waals surface area contributed by atoms with Crippen molar-refractivity contribution in [1.82, 2.24) is 0 Å². The first-order valence-electron chi connectivity index (χ1n) is 5.75. The van der Waals surface area contributed by atoms with Gasteiger partial charge in [-0.05, 0) is 35.0 Å². The Labute approximate surface area is 118 Å². The van der Waals surface area contributed by atoms with Crippen molar-refractivity contribution >= 4 is 27.7 Å². The van der Waals surface area contributed by atoms with Crippen LogP contribution in [0.4, 0.5) is 8.78 Å². The van der Waals surface area contributed by atoms with Crippen LogP contribution in [0.15, 0.2) is 16.6 Å². The number of carbonyl (C=O) groups is 2. The fourth-order valence-corrected chi connectivity index (χ4v) is 1.86. The summed E-state index contributed by atoms with van der Waals surface area (Å²) >= 11 is 2.93. The summed E-state index contributed by atoms with van der Waals surface area (Å²) < 4.78 is 31.8. The van der Waals surface area contributed by atoms with Crippen LogP contribution in [0.1, 0.15) is 25.3 Å². The summed E-state index contributed by atoms with van der Waals surface area (Å²) in [6, 6.07) is 2.32. The van der Waals surface area contributed by atoms with Crippen molar-refractivity contribution in [2.45, 2.75) is 26.2 Å². The molecule has 0 aliphatic heterocycles. The van der Waals surface area contributed by atoms with Gasteiger partial charge in [-0.25, -0.2) is 8.78 Å². The first kappa shape index (κ1) is 15.8. The van der Waals surface area contributed by atoms with Gasteiger partial charge in [-0.15, -0.1) is 0 Å². The van der Waals surface area contributed by atoms with Gasteiger partial charge in [0.25, 0.3) is 0 Å². The standard InChI is InChI=1S/C13H13BrF2O3/c1-2-19-12(18)6-3-8(17)7-9-11(15)5-4-10(14)13(9)16/h4-5H,2-3,6-7H2,1H3. The van der Waals surface area contributed by atoms with E-state index in [1.54, 1.807) is 6.92 Å². The van der Waals surface area contributed by atoms with E-state index >= 15 is 0 Å². The molecule has 0 bridgehead atoms. The van der Waals surface area contributed by atoms with Crippen LogP contribution in [0.3, 0.4) is 0 Å². The maximum atomic E-state index is 13.6. The highest BCUT2D eigenvalue weighted by Crippen LogP contribution is 2.22. The SMILES string of the molecule is CCOC(=O)CCC(=O)Cc1c(F)ccc(Br)c1F. The van der Waals surface area contributed by atoms with E-state index in [-0.39, 0.29) is 35.9 Å². The maximum Gasteiger partial charge on any atom is 0.306 e. The van der Waals surface area contributed by atoms with Crippen molar-refractivity contribution in [3.63, 3.8) is 0 Å². The van der Waals surface area contributed by atoms with Gasteiger partial charge in [0.1, 0.15) is 17.4 Å². The zero-order valence-electron chi connectivity index (χ0n) is 10.3. The van der Waals surface area contributed by atoms with Gasteiger partial charge in [-0.3, -0.25) is 9.59 Å². The number of esters is 1. The summed E-state index contributed by atoms with van der Waals surface area (Å²) in [7, 11) is 0. The summed E-state index contributed by atoms with van der Waals surface area (Å²) in [5.41, 5.74) is -0.289. The van der Waals surface area contributed by atoms with Crippen molar-refractivity contribution in [3.8, 4) is 0 Å². The van der Waals surface area contributed by atoms with E-state index in [1.807, 2.05) is 0 Å². The number of hydrogen-bond donors (Lipinski definition) is 0.